The molecule has 1 aliphatic carbocycles. The molecule has 0 aliphatic heterocycles. The number of hydrogen-bond donors (Lipinski definition) is 0. The van der Waals surface area contributed by atoms with Crippen molar-refractivity contribution in [1.29, 1.82) is 0 Å². The summed E-state index contributed by atoms with van der Waals surface area (Å²) in [4.78, 5) is 19.1. The third kappa shape index (κ3) is 3.84. The first-order valence-electron chi connectivity index (χ1n) is 9.90. The molecule has 3 aromatic heterocycles. The predicted molar refractivity (Wildman–Crippen MR) is 111 cm³/mol. The smallest absolute Gasteiger partial charge is 0.264 e. The van der Waals surface area contributed by atoms with Crippen LogP contribution in [0.5, 0.6) is 0 Å². The van der Waals surface area contributed by atoms with E-state index in [0.717, 1.165) is 23.0 Å². The maximum absolute atomic E-state index is 13.7. The number of aromatic nitrogens is 5. The number of carbonyl (C=O) groups excluding carboxylic acids is 1. The second kappa shape index (κ2) is 8.05. The third-order valence-corrected chi connectivity index (χ3v) is 6.12. The van der Waals surface area contributed by atoms with Crippen molar-refractivity contribution in [2.24, 2.45) is 0 Å². The van der Waals surface area contributed by atoms with Gasteiger partial charge in [-0.3, -0.25) is 9.48 Å². The van der Waals surface area contributed by atoms with Crippen LogP contribution in [0.25, 0.3) is 11.0 Å². The Morgan fingerprint density at radius 3 is 2.73 bits per heavy atom. The molecule has 0 unspecified atom stereocenters. The fourth-order valence-electron chi connectivity index (χ4n) is 3.66. The van der Waals surface area contributed by atoms with E-state index in [2.05, 4.69) is 31.1 Å². The Bertz CT molecular complexity index is 1100. The standard InChI is InChI=1S/C20H23BrF2N6O/c1-4-28-16(14(21)8-24-28)9-27(3)17(30)10-29-20-18(11(2)26-29)13(19(22)23)7-15(25-20)12-5-6-12/h7-8,12,19H,4-6,9-10H2,1-3H3. The number of nitrogens with zero attached hydrogens (tertiary/aromatic N) is 6. The van der Waals surface area contributed by atoms with Crippen molar-refractivity contribution in [2.75, 3.05) is 7.05 Å². The van der Waals surface area contributed by atoms with E-state index < -0.39 is 6.43 Å². The summed E-state index contributed by atoms with van der Waals surface area (Å²) in [5.41, 5.74) is 2.31. The lowest BCUT2D eigenvalue weighted by atomic mass is 10.1. The van der Waals surface area contributed by atoms with E-state index in [4.69, 9.17) is 0 Å². The van der Waals surface area contributed by atoms with Gasteiger partial charge in [-0.2, -0.15) is 10.2 Å². The normalized spacial score (nSPS) is 14.1. The molecule has 160 valence electrons. The minimum absolute atomic E-state index is 0.0535. The lowest BCUT2D eigenvalue weighted by molar-refractivity contribution is -0.131. The van der Waals surface area contributed by atoms with Crippen LogP contribution in [0.4, 0.5) is 8.78 Å². The Morgan fingerprint density at radius 1 is 1.37 bits per heavy atom. The van der Waals surface area contributed by atoms with Crippen molar-refractivity contribution < 1.29 is 13.6 Å². The molecule has 1 saturated carbocycles. The molecular formula is C20H23BrF2N6O. The number of likely N-dealkylation sites (N-methyl/N-ethyl adjacent to an activating group) is 1. The molecule has 0 saturated heterocycles. The average Bonchev–Trinajstić information content (AvgIpc) is 3.44. The van der Waals surface area contributed by atoms with E-state index in [1.807, 2.05) is 11.6 Å². The Kier molecular flexibility index (Phi) is 5.61. The van der Waals surface area contributed by atoms with E-state index in [0.29, 0.717) is 35.5 Å². The molecule has 0 N–H and O–H groups in total. The zero-order valence-electron chi connectivity index (χ0n) is 17.1. The van der Waals surface area contributed by atoms with Crippen molar-refractivity contribution in [1.82, 2.24) is 29.4 Å². The lowest BCUT2D eigenvalue weighted by Gasteiger charge is -2.18. The number of halogens is 3. The summed E-state index contributed by atoms with van der Waals surface area (Å²) in [5, 5.41) is 8.98. The van der Waals surface area contributed by atoms with Gasteiger partial charge in [0.05, 0.1) is 34.0 Å². The number of amides is 1. The summed E-state index contributed by atoms with van der Waals surface area (Å²) in [6.07, 6.45) is 0.997. The minimum Gasteiger partial charge on any atom is -0.338 e. The highest BCUT2D eigenvalue weighted by Gasteiger charge is 2.29. The van der Waals surface area contributed by atoms with Crippen LogP contribution in [0.3, 0.4) is 0 Å². The molecule has 3 heterocycles. The predicted octanol–water partition coefficient (Wildman–Crippen LogP) is 4.19. The first kappa shape index (κ1) is 20.9. The molecule has 3 aromatic rings. The van der Waals surface area contributed by atoms with Gasteiger partial charge in [0.2, 0.25) is 5.91 Å². The zero-order chi connectivity index (χ0) is 21.6. The molecule has 1 amide bonds. The van der Waals surface area contributed by atoms with Crippen LogP contribution in [-0.4, -0.2) is 42.4 Å². The highest BCUT2D eigenvalue weighted by Crippen LogP contribution is 2.41. The summed E-state index contributed by atoms with van der Waals surface area (Å²) in [7, 11) is 1.70. The molecule has 1 aliphatic rings. The number of aryl methyl sites for hydroxylation is 2. The number of alkyl halides is 2. The molecule has 0 bridgehead atoms. The second-order valence-electron chi connectivity index (χ2n) is 7.66. The van der Waals surface area contributed by atoms with Crippen LogP contribution in [0, 0.1) is 6.92 Å². The van der Waals surface area contributed by atoms with E-state index in [9.17, 15) is 13.6 Å². The second-order valence-corrected chi connectivity index (χ2v) is 8.51. The Labute approximate surface area is 181 Å². The van der Waals surface area contributed by atoms with Crippen LogP contribution in [0.15, 0.2) is 16.7 Å². The molecular weight excluding hydrogens is 458 g/mol. The molecule has 0 spiro atoms. The van der Waals surface area contributed by atoms with Crippen LogP contribution in [0.1, 0.15) is 54.8 Å². The van der Waals surface area contributed by atoms with Gasteiger partial charge in [0.1, 0.15) is 6.54 Å². The number of carbonyl (C=O) groups is 1. The first-order chi connectivity index (χ1) is 14.3. The molecule has 7 nitrogen and oxygen atoms in total. The SMILES string of the molecule is CCn1ncc(Br)c1CN(C)C(=O)Cn1nc(C)c2c(C(F)F)cc(C3CC3)nc21. The zero-order valence-corrected chi connectivity index (χ0v) is 18.7. The maximum atomic E-state index is 13.7. The highest BCUT2D eigenvalue weighted by atomic mass is 79.9. The van der Waals surface area contributed by atoms with E-state index in [-0.39, 0.29) is 23.9 Å². The van der Waals surface area contributed by atoms with Gasteiger partial charge in [0.15, 0.2) is 5.65 Å². The van der Waals surface area contributed by atoms with Gasteiger partial charge in [-0.1, -0.05) is 0 Å². The van der Waals surface area contributed by atoms with E-state index in [1.165, 1.54) is 10.7 Å². The molecule has 0 aromatic carbocycles. The summed E-state index contributed by atoms with van der Waals surface area (Å²) >= 11 is 3.47. The van der Waals surface area contributed by atoms with Gasteiger partial charge in [-0.05, 0) is 48.7 Å². The molecule has 4 rings (SSSR count). The summed E-state index contributed by atoms with van der Waals surface area (Å²) in [6, 6.07) is 1.50. The van der Waals surface area contributed by atoms with Crippen molar-refractivity contribution in [3.63, 3.8) is 0 Å². The topological polar surface area (TPSA) is 68.8 Å². The molecule has 30 heavy (non-hydrogen) atoms. The minimum atomic E-state index is -2.62. The monoisotopic (exact) mass is 480 g/mol. The van der Waals surface area contributed by atoms with Gasteiger partial charge in [-0.15, -0.1) is 0 Å². The quantitative estimate of drug-likeness (QED) is 0.508. The van der Waals surface area contributed by atoms with Crippen LogP contribution in [0.2, 0.25) is 0 Å². The van der Waals surface area contributed by atoms with E-state index >= 15 is 0 Å². The van der Waals surface area contributed by atoms with Crippen molar-refractivity contribution >= 4 is 32.9 Å². The Hall–Kier alpha value is -2.36. The summed E-state index contributed by atoms with van der Waals surface area (Å²) in [5.74, 6) is 0.0352. The van der Waals surface area contributed by atoms with Crippen LogP contribution >= 0.6 is 15.9 Å². The third-order valence-electron chi connectivity index (χ3n) is 5.45. The molecule has 1 fully saturated rings. The summed E-state index contributed by atoms with van der Waals surface area (Å²) < 4.78 is 31.5. The number of pyridine rings is 1. The first-order valence-corrected chi connectivity index (χ1v) is 10.7. The fraction of sp³-hybridized carbons (Fsp3) is 0.500. The molecule has 0 atom stereocenters. The van der Waals surface area contributed by atoms with Crippen LogP contribution in [-0.2, 0) is 24.4 Å². The number of fused-ring (bicyclic) bond motifs is 1. The Balaban J connectivity index is 1.63. The van der Waals surface area contributed by atoms with Gasteiger partial charge in [0, 0.05) is 30.8 Å². The van der Waals surface area contributed by atoms with Gasteiger partial charge in [-0.25, -0.2) is 18.4 Å². The van der Waals surface area contributed by atoms with Crippen LogP contribution < -0.4 is 0 Å². The number of hydrogen-bond acceptors (Lipinski definition) is 4. The molecule has 0 radical (unpaired) electrons. The molecule has 10 heteroatoms. The van der Waals surface area contributed by atoms with Crippen molar-refractivity contribution in [3.8, 4) is 0 Å². The van der Waals surface area contributed by atoms with E-state index in [1.54, 1.807) is 25.1 Å². The Morgan fingerprint density at radius 2 is 2.10 bits per heavy atom. The van der Waals surface area contributed by atoms with Gasteiger partial charge in [0.25, 0.3) is 6.43 Å². The average molecular weight is 481 g/mol. The largest absolute Gasteiger partial charge is 0.338 e. The maximum Gasteiger partial charge on any atom is 0.264 e. The van der Waals surface area contributed by atoms with Gasteiger partial charge < -0.3 is 4.90 Å². The number of rotatable bonds is 7. The van der Waals surface area contributed by atoms with Gasteiger partial charge >= 0.3 is 0 Å². The lowest BCUT2D eigenvalue weighted by Crippen LogP contribution is -2.31. The fourth-order valence-corrected chi connectivity index (χ4v) is 4.08. The highest BCUT2D eigenvalue weighted by molar-refractivity contribution is 9.10. The van der Waals surface area contributed by atoms with Crippen molar-refractivity contribution in [2.45, 2.75) is 58.7 Å². The summed E-state index contributed by atoms with van der Waals surface area (Å²) in [6.45, 7) is 4.65. The van der Waals surface area contributed by atoms with Crippen molar-refractivity contribution in [3.05, 3.63) is 39.4 Å².